The highest BCUT2D eigenvalue weighted by Crippen LogP contribution is 2.30. The van der Waals surface area contributed by atoms with E-state index in [4.69, 9.17) is 4.74 Å². The third kappa shape index (κ3) is 5.20. The van der Waals surface area contributed by atoms with E-state index in [1.807, 2.05) is 0 Å². The van der Waals surface area contributed by atoms with Crippen molar-refractivity contribution in [3.8, 4) is 0 Å². The van der Waals surface area contributed by atoms with Crippen LogP contribution in [-0.4, -0.2) is 37.6 Å². The summed E-state index contributed by atoms with van der Waals surface area (Å²) in [6.07, 6.45) is -3.18. The van der Waals surface area contributed by atoms with E-state index in [0.29, 0.717) is 32.5 Å². The first-order valence-corrected chi connectivity index (χ1v) is 8.71. The molecule has 144 valence electrons. The number of hydrogen-bond donors (Lipinski definition) is 2. The summed E-state index contributed by atoms with van der Waals surface area (Å²) < 4.78 is 43.3. The lowest BCUT2D eigenvalue weighted by Gasteiger charge is -2.31. The Balaban J connectivity index is 1.91. The van der Waals surface area contributed by atoms with E-state index >= 15 is 0 Å². The van der Waals surface area contributed by atoms with Crippen LogP contribution in [-0.2, 0) is 20.5 Å². The van der Waals surface area contributed by atoms with E-state index in [1.54, 1.807) is 13.8 Å². The molecule has 1 aliphatic heterocycles. The molecule has 1 aromatic carbocycles. The largest absolute Gasteiger partial charge is 0.466 e. The molecule has 2 N–H and O–H groups in total. The number of carbonyl (C=O) groups is 2. The number of hydrogen-bond acceptors (Lipinski definition) is 3. The summed E-state index contributed by atoms with van der Waals surface area (Å²) in [5.74, 6) is -0.682. The Kier molecular flexibility index (Phi) is 6.63. The number of benzene rings is 1. The van der Waals surface area contributed by atoms with Gasteiger partial charge in [0.25, 0.3) is 5.91 Å². The molecule has 1 aromatic rings. The first-order chi connectivity index (χ1) is 12.2. The molecule has 0 unspecified atom stereocenters. The summed E-state index contributed by atoms with van der Waals surface area (Å²) in [5.41, 5.74) is -0.678. The zero-order valence-corrected chi connectivity index (χ0v) is 14.9. The maximum atomic E-state index is 12.8. The lowest BCUT2D eigenvalue weighted by molar-refractivity contribution is -0.919. The second-order valence-corrected chi connectivity index (χ2v) is 6.47. The predicted octanol–water partition coefficient (Wildman–Crippen LogP) is 1.89. The molecule has 5 nitrogen and oxygen atoms in total. The topological polar surface area (TPSA) is 59.8 Å². The summed E-state index contributed by atoms with van der Waals surface area (Å²) in [6.45, 7) is 5.13. The number of anilines is 1. The molecular formula is C18H24F3N2O3+. The molecule has 0 bridgehead atoms. The van der Waals surface area contributed by atoms with Crippen molar-refractivity contribution in [1.29, 1.82) is 0 Å². The summed E-state index contributed by atoms with van der Waals surface area (Å²) in [4.78, 5) is 25.2. The second kappa shape index (κ2) is 8.53. The van der Waals surface area contributed by atoms with Gasteiger partial charge in [0.15, 0.2) is 6.04 Å². The Morgan fingerprint density at radius 3 is 2.54 bits per heavy atom. The van der Waals surface area contributed by atoms with Gasteiger partial charge < -0.3 is 15.0 Å². The van der Waals surface area contributed by atoms with E-state index in [0.717, 1.165) is 17.0 Å². The van der Waals surface area contributed by atoms with Crippen molar-refractivity contribution in [2.75, 3.05) is 25.0 Å². The minimum atomic E-state index is -4.45. The fraction of sp³-hybridized carbons (Fsp3) is 0.556. The quantitative estimate of drug-likeness (QED) is 0.775. The molecule has 1 aliphatic rings. The number of likely N-dealkylation sites (tertiary alicyclic amines) is 1. The smallest absolute Gasteiger partial charge is 0.416 e. The zero-order valence-electron chi connectivity index (χ0n) is 14.9. The summed E-state index contributed by atoms with van der Waals surface area (Å²) in [5, 5.41) is 2.55. The van der Waals surface area contributed by atoms with Gasteiger partial charge in [-0.05, 0) is 32.0 Å². The number of amides is 1. The minimum absolute atomic E-state index is 0.123. The van der Waals surface area contributed by atoms with Crippen molar-refractivity contribution >= 4 is 17.6 Å². The van der Waals surface area contributed by atoms with Crippen LogP contribution in [0.2, 0.25) is 0 Å². The molecule has 2 rings (SSSR count). The van der Waals surface area contributed by atoms with Gasteiger partial charge in [0.2, 0.25) is 0 Å². The number of piperidine rings is 1. The fourth-order valence-corrected chi connectivity index (χ4v) is 3.13. The van der Waals surface area contributed by atoms with Crippen molar-refractivity contribution in [3.63, 3.8) is 0 Å². The van der Waals surface area contributed by atoms with E-state index in [-0.39, 0.29) is 23.5 Å². The lowest BCUT2D eigenvalue weighted by Crippen LogP contribution is -3.17. The van der Waals surface area contributed by atoms with Gasteiger partial charge >= 0.3 is 12.1 Å². The monoisotopic (exact) mass is 373 g/mol. The number of carbonyl (C=O) groups excluding carboxylic acids is 2. The molecule has 0 aliphatic carbocycles. The number of alkyl halides is 3. The highest BCUT2D eigenvalue weighted by molar-refractivity contribution is 5.93. The number of rotatable bonds is 5. The Morgan fingerprint density at radius 2 is 1.96 bits per heavy atom. The van der Waals surface area contributed by atoms with E-state index in [1.165, 1.54) is 12.1 Å². The molecule has 0 aromatic heterocycles. The predicted molar refractivity (Wildman–Crippen MR) is 89.6 cm³/mol. The maximum absolute atomic E-state index is 12.8. The number of ether oxygens (including phenoxy) is 1. The van der Waals surface area contributed by atoms with Crippen LogP contribution in [0.3, 0.4) is 0 Å². The van der Waals surface area contributed by atoms with Crippen LogP contribution in [0.15, 0.2) is 24.3 Å². The molecule has 0 radical (unpaired) electrons. The van der Waals surface area contributed by atoms with Crippen molar-refractivity contribution in [1.82, 2.24) is 0 Å². The SMILES string of the molecule is CCOC(=O)C1CC[NH+]([C@H](C)C(=O)Nc2cccc(C(F)(F)F)c2)CC1. The van der Waals surface area contributed by atoms with Crippen molar-refractivity contribution in [2.45, 2.75) is 38.9 Å². The van der Waals surface area contributed by atoms with Crippen LogP contribution < -0.4 is 10.2 Å². The molecule has 1 heterocycles. The number of esters is 1. The van der Waals surface area contributed by atoms with Gasteiger partial charge in [-0.3, -0.25) is 9.59 Å². The third-order valence-electron chi connectivity index (χ3n) is 4.71. The first kappa shape index (κ1) is 20.2. The molecule has 1 atom stereocenters. The van der Waals surface area contributed by atoms with Gasteiger partial charge in [0, 0.05) is 18.5 Å². The molecule has 0 spiro atoms. The number of halogens is 3. The average Bonchev–Trinajstić information content (AvgIpc) is 2.61. The molecule has 26 heavy (non-hydrogen) atoms. The van der Waals surface area contributed by atoms with Crippen LogP contribution >= 0.6 is 0 Å². The summed E-state index contributed by atoms with van der Waals surface area (Å²) in [7, 11) is 0. The van der Waals surface area contributed by atoms with Gasteiger partial charge in [-0.15, -0.1) is 0 Å². The van der Waals surface area contributed by atoms with Crippen molar-refractivity contribution < 1.29 is 32.4 Å². The van der Waals surface area contributed by atoms with Crippen LogP contribution in [0.5, 0.6) is 0 Å². The Hall–Kier alpha value is -2.09. The highest BCUT2D eigenvalue weighted by Gasteiger charge is 2.34. The van der Waals surface area contributed by atoms with Gasteiger partial charge in [-0.1, -0.05) is 6.07 Å². The van der Waals surface area contributed by atoms with Crippen molar-refractivity contribution in [2.24, 2.45) is 5.92 Å². The highest BCUT2D eigenvalue weighted by atomic mass is 19.4. The van der Waals surface area contributed by atoms with E-state index < -0.39 is 17.8 Å². The van der Waals surface area contributed by atoms with E-state index in [9.17, 15) is 22.8 Å². The molecule has 1 fully saturated rings. The van der Waals surface area contributed by atoms with E-state index in [2.05, 4.69) is 5.32 Å². The fourth-order valence-electron chi connectivity index (χ4n) is 3.13. The maximum Gasteiger partial charge on any atom is 0.416 e. The van der Waals surface area contributed by atoms with Gasteiger partial charge in [0.05, 0.1) is 31.2 Å². The second-order valence-electron chi connectivity index (χ2n) is 6.47. The molecule has 8 heteroatoms. The third-order valence-corrected chi connectivity index (χ3v) is 4.71. The molecule has 0 saturated carbocycles. The number of quaternary nitrogens is 1. The van der Waals surface area contributed by atoms with Crippen molar-refractivity contribution in [3.05, 3.63) is 29.8 Å². The summed E-state index contributed by atoms with van der Waals surface area (Å²) >= 11 is 0. The molecular weight excluding hydrogens is 349 g/mol. The number of nitrogens with one attached hydrogen (secondary N) is 2. The van der Waals surface area contributed by atoms with Gasteiger partial charge in [-0.2, -0.15) is 13.2 Å². The van der Waals surface area contributed by atoms with Gasteiger partial charge in [0.1, 0.15) is 0 Å². The normalized spacial score (nSPS) is 21.7. The molecule has 1 amide bonds. The van der Waals surface area contributed by atoms with Crippen LogP contribution in [0, 0.1) is 5.92 Å². The Bertz CT molecular complexity index is 641. The Morgan fingerprint density at radius 1 is 1.31 bits per heavy atom. The first-order valence-electron chi connectivity index (χ1n) is 8.71. The van der Waals surface area contributed by atoms with Crippen LogP contribution in [0.4, 0.5) is 18.9 Å². The van der Waals surface area contributed by atoms with Crippen LogP contribution in [0.1, 0.15) is 32.3 Å². The Labute approximate surface area is 150 Å². The van der Waals surface area contributed by atoms with Gasteiger partial charge in [-0.25, -0.2) is 0 Å². The zero-order chi connectivity index (χ0) is 19.3. The standard InChI is InChI=1S/C18H23F3N2O3/c1-3-26-17(25)13-7-9-23(10-8-13)12(2)16(24)22-15-6-4-5-14(11-15)18(19,20)21/h4-6,11-13H,3,7-10H2,1-2H3,(H,22,24)/p+1/t12-/m1/s1. The average molecular weight is 373 g/mol. The lowest BCUT2D eigenvalue weighted by atomic mass is 9.96. The minimum Gasteiger partial charge on any atom is -0.466 e. The van der Waals surface area contributed by atoms with Crippen LogP contribution in [0.25, 0.3) is 0 Å². The summed E-state index contributed by atoms with van der Waals surface area (Å²) in [6, 6.07) is 4.16. The molecule has 1 saturated heterocycles.